The van der Waals surface area contributed by atoms with Gasteiger partial charge in [-0.3, -0.25) is 14.1 Å². The Morgan fingerprint density at radius 3 is 2.41 bits per heavy atom. The standard InChI is InChI=1S/C15H17N3O3S/c1-12-5-3-4-6-14(12)18(22(2,20)21)11-15(19)17-13-7-9-16-10-8-13/h3-10H,11H2,1-2H3,(H,16,17,19). The number of hydrogen-bond donors (Lipinski definition) is 1. The number of anilines is 2. The van der Waals surface area contributed by atoms with Gasteiger partial charge in [0.05, 0.1) is 11.9 Å². The van der Waals surface area contributed by atoms with Crippen LogP contribution in [0.5, 0.6) is 0 Å². The fourth-order valence-electron chi connectivity index (χ4n) is 1.99. The second-order valence-electron chi connectivity index (χ2n) is 4.84. The quantitative estimate of drug-likeness (QED) is 0.911. The SMILES string of the molecule is Cc1ccccc1N(CC(=O)Nc1ccncc1)S(C)(=O)=O. The highest BCUT2D eigenvalue weighted by Crippen LogP contribution is 2.21. The van der Waals surface area contributed by atoms with Crippen molar-refractivity contribution in [1.29, 1.82) is 0 Å². The van der Waals surface area contributed by atoms with Crippen molar-refractivity contribution < 1.29 is 13.2 Å². The molecule has 22 heavy (non-hydrogen) atoms. The third-order valence-corrected chi connectivity index (χ3v) is 4.16. The van der Waals surface area contributed by atoms with Gasteiger partial charge in [-0.25, -0.2) is 8.42 Å². The van der Waals surface area contributed by atoms with E-state index in [1.807, 2.05) is 6.07 Å². The number of carbonyl (C=O) groups excluding carboxylic acids is 1. The number of nitrogens with zero attached hydrogens (tertiary/aromatic N) is 2. The number of nitrogens with one attached hydrogen (secondary N) is 1. The summed E-state index contributed by atoms with van der Waals surface area (Å²) in [6, 6.07) is 10.3. The van der Waals surface area contributed by atoms with Crippen molar-refractivity contribution in [2.75, 3.05) is 22.4 Å². The van der Waals surface area contributed by atoms with Crippen LogP contribution in [0, 0.1) is 6.92 Å². The molecule has 0 saturated carbocycles. The van der Waals surface area contributed by atoms with Crippen LogP contribution < -0.4 is 9.62 Å². The predicted molar refractivity (Wildman–Crippen MR) is 86.2 cm³/mol. The fraction of sp³-hybridized carbons (Fsp3) is 0.200. The summed E-state index contributed by atoms with van der Waals surface area (Å²) < 4.78 is 25.1. The van der Waals surface area contributed by atoms with E-state index in [1.165, 1.54) is 0 Å². The van der Waals surface area contributed by atoms with Crippen LogP contribution in [0.1, 0.15) is 5.56 Å². The van der Waals surface area contributed by atoms with Crippen LogP contribution in [0.15, 0.2) is 48.8 Å². The van der Waals surface area contributed by atoms with Gasteiger partial charge in [0.25, 0.3) is 0 Å². The summed E-state index contributed by atoms with van der Waals surface area (Å²) in [5, 5.41) is 2.65. The summed E-state index contributed by atoms with van der Waals surface area (Å²) in [4.78, 5) is 16.0. The van der Waals surface area contributed by atoms with Gasteiger partial charge in [0.1, 0.15) is 6.54 Å². The zero-order valence-electron chi connectivity index (χ0n) is 12.4. The second-order valence-corrected chi connectivity index (χ2v) is 6.75. The molecule has 0 aliphatic rings. The normalized spacial score (nSPS) is 11.0. The lowest BCUT2D eigenvalue weighted by Crippen LogP contribution is -2.37. The number of aryl methyl sites for hydroxylation is 1. The Hall–Kier alpha value is -2.41. The Kier molecular flexibility index (Phi) is 4.77. The minimum absolute atomic E-state index is 0.286. The summed E-state index contributed by atoms with van der Waals surface area (Å²) >= 11 is 0. The minimum Gasteiger partial charge on any atom is -0.324 e. The Bertz CT molecular complexity index is 761. The summed E-state index contributed by atoms with van der Waals surface area (Å²) in [6.07, 6.45) is 4.18. The molecule has 1 aromatic carbocycles. The van der Waals surface area contributed by atoms with Crippen LogP contribution in [0.4, 0.5) is 11.4 Å². The zero-order chi connectivity index (χ0) is 16.2. The molecule has 1 amide bonds. The molecule has 0 bridgehead atoms. The average molecular weight is 319 g/mol. The lowest BCUT2D eigenvalue weighted by molar-refractivity contribution is -0.114. The fourth-order valence-corrected chi connectivity index (χ4v) is 2.90. The van der Waals surface area contributed by atoms with Crippen LogP contribution in [-0.2, 0) is 14.8 Å². The van der Waals surface area contributed by atoms with Gasteiger partial charge in [-0.05, 0) is 30.7 Å². The van der Waals surface area contributed by atoms with Gasteiger partial charge >= 0.3 is 0 Å². The highest BCUT2D eigenvalue weighted by molar-refractivity contribution is 7.92. The first kappa shape index (κ1) is 16.0. The van der Waals surface area contributed by atoms with Gasteiger partial charge in [0.2, 0.25) is 15.9 Å². The molecule has 2 aromatic rings. The number of para-hydroxylation sites is 1. The first-order chi connectivity index (χ1) is 10.4. The molecule has 0 radical (unpaired) electrons. The number of sulfonamides is 1. The lowest BCUT2D eigenvalue weighted by Gasteiger charge is -2.23. The third-order valence-electron chi connectivity index (χ3n) is 3.04. The van der Waals surface area contributed by atoms with Gasteiger partial charge in [-0.2, -0.15) is 0 Å². The monoisotopic (exact) mass is 319 g/mol. The molecule has 116 valence electrons. The topological polar surface area (TPSA) is 79.4 Å². The maximum Gasteiger partial charge on any atom is 0.245 e. The number of amides is 1. The molecule has 0 atom stereocenters. The summed E-state index contributed by atoms with van der Waals surface area (Å²) in [5.74, 6) is -0.417. The van der Waals surface area contributed by atoms with Gasteiger partial charge in [0, 0.05) is 18.1 Å². The van der Waals surface area contributed by atoms with Gasteiger partial charge in [0.15, 0.2) is 0 Å². The molecule has 0 fully saturated rings. The van der Waals surface area contributed by atoms with Crippen molar-refractivity contribution >= 4 is 27.3 Å². The molecule has 0 unspecified atom stereocenters. The molecule has 7 heteroatoms. The molecule has 1 heterocycles. The number of benzene rings is 1. The van der Waals surface area contributed by atoms with Crippen molar-refractivity contribution in [3.8, 4) is 0 Å². The van der Waals surface area contributed by atoms with Gasteiger partial charge in [-0.1, -0.05) is 18.2 Å². The maximum absolute atomic E-state index is 12.1. The van der Waals surface area contributed by atoms with E-state index in [1.54, 1.807) is 49.6 Å². The molecule has 6 nitrogen and oxygen atoms in total. The molecule has 2 rings (SSSR count). The number of aromatic nitrogens is 1. The predicted octanol–water partition coefficient (Wildman–Crippen LogP) is 1.79. The molecule has 0 saturated heterocycles. The highest BCUT2D eigenvalue weighted by atomic mass is 32.2. The largest absolute Gasteiger partial charge is 0.324 e. The number of pyridine rings is 1. The van der Waals surface area contributed by atoms with E-state index in [0.29, 0.717) is 11.4 Å². The van der Waals surface area contributed by atoms with Crippen molar-refractivity contribution in [2.24, 2.45) is 0 Å². The first-order valence-corrected chi connectivity index (χ1v) is 8.46. The first-order valence-electron chi connectivity index (χ1n) is 6.61. The lowest BCUT2D eigenvalue weighted by atomic mass is 10.2. The molecule has 0 aliphatic heterocycles. The summed E-state index contributed by atoms with van der Waals surface area (Å²) in [5.41, 5.74) is 1.85. The van der Waals surface area contributed by atoms with Crippen LogP contribution in [0.25, 0.3) is 0 Å². The van der Waals surface area contributed by atoms with Crippen LogP contribution in [0.3, 0.4) is 0 Å². The highest BCUT2D eigenvalue weighted by Gasteiger charge is 2.22. The second kappa shape index (κ2) is 6.57. The summed E-state index contributed by atoms with van der Waals surface area (Å²) in [6.45, 7) is 1.51. The minimum atomic E-state index is -3.57. The van der Waals surface area contributed by atoms with E-state index in [4.69, 9.17) is 0 Å². The van der Waals surface area contributed by atoms with E-state index in [9.17, 15) is 13.2 Å². The van der Waals surface area contributed by atoms with Crippen LogP contribution in [-0.4, -0.2) is 32.1 Å². The maximum atomic E-state index is 12.1. The zero-order valence-corrected chi connectivity index (χ0v) is 13.2. The van der Waals surface area contributed by atoms with E-state index >= 15 is 0 Å². The van der Waals surface area contributed by atoms with Crippen molar-refractivity contribution in [1.82, 2.24) is 4.98 Å². The van der Waals surface area contributed by atoms with Crippen molar-refractivity contribution in [3.05, 3.63) is 54.4 Å². The number of hydrogen-bond acceptors (Lipinski definition) is 4. The van der Waals surface area contributed by atoms with E-state index in [-0.39, 0.29) is 6.54 Å². The molecule has 1 aromatic heterocycles. The number of rotatable bonds is 5. The molecule has 0 spiro atoms. The summed E-state index contributed by atoms with van der Waals surface area (Å²) in [7, 11) is -3.57. The molecule has 1 N–H and O–H groups in total. The van der Waals surface area contributed by atoms with Crippen molar-refractivity contribution in [3.63, 3.8) is 0 Å². The molecular weight excluding hydrogens is 302 g/mol. The van der Waals surface area contributed by atoms with E-state index in [0.717, 1.165) is 16.1 Å². The third kappa shape index (κ3) is 4.05. The van der Waals surface area contributed by atoms with Crippen LogP contribution >= 0.6 is 0 Å². The van der Waals surface area contributed by atoms with Gasteiger partial charge < -0.3 is 5.32 Å². The Morgan fingerprint density at radius 2 is 1.82 bits per heavy atom. The Balaban J connectivity index is 2.22. The van der Waals surface area contributed by atoms with E-state index < -0.39 is 15.9 Å². The Labute approximate surface area is 129 Å². The molecule has 0 aliphatic carbocycles. The van der Waals surface area contributed by atoms with Gasteiger partial charge in [-0.15, -0.1) is 0 Å². The average Bonchev–Trinajstić information content (AvgIpc) is 2.46. The van der Waals surface area contributed by atoms with Crippen LogP contribution in [0.2, 0.25) is 0 Å². The molecular formula is C15H17N3O3S. The number of carbonyl (C=O) groups is 1. The van der Waals surface area contributed by atoms with E-state index in [2.05, 4.69) is 10.3 Å². The van der Waals surface area contributed by atoms with Crippen molar-refractivity contribution in [2.45, 2.75) is 6.92 Å². The Morgan fingerprint density at radius 1 is 1.18 bits per heavy atom. The smallest absolute Gasteiger partial charge is 0.245 e.